The molecule has 3 atom stereocenters. The number of aromatic nitrogens is 2. The lowest BCUT2D eigenvalue weighted by molar-refractivity contribution is -0.144. The molecule has 1 amide bonds. The number of halogens is 3. The molecule has 3 N–H and O–H groups in total. The fraction of sp³-hybridized carbons (Fsp3) is 0.412. The lowest BCUT2D eigenvalue weighted by atomic mass is 9.59. The summed E-state index contributed by atoms with van der Waals surface area (Å²) in [4.78, 5) is 33.9. The second-order valence-corrected chi connectivity index (χ2v) is 18.4. The summed E-state index contributed by atoms with van der Waals surface area (Å²) in [7, 11) is 0. The molecule has 0 bridgehead atoms. The van der Waals surface area contributed by atoms with E-state index in [1.165, 1.54) is 22.8 Å². The van der Waals surface area contributed by atoms with Crippen LogP contribution in [0.2, 0.25) is 5.02 Å². The van der Waals surface area contributed by atoms with Gasteiger partial charge in [0.1, 0.15) is 17.0 Å². The molecule has 3 aromatic carbocycles. The minimum atomic E-state index is -1.13. The third-order valence-electron chi connectivity index (χ3n) is 13.6. The van der Waals surface area contributed by atoms with Crippen molar-refractivity contribution < 1.29 is 33.0 Å². The van der Waals surface area contributed by atoms with Crippen LogP contribution in [-0.2, 0) is 34.4 Å². The van der Waals surface area contributed by atoms with Crippen LogP contribution in [0.25, 0.3) is 11.1 Å². The molecule has 2 aromatic heterocycles. The van der Waals surface area contributed by atoms with Gasteiger partial charge in [-0.2, -0.15) is 13.8 Å². The fourth-order valence-electron chi connectivity index (χ4n) is 10.4. The minimum absolute atomic E-state index is 0.138. The van der Waals surface area contributed by atoms with Crippen molar-refractivity contribution in [3.63, 3.8) is 0 Å². The molecule has 0 aliphatic heterocycles. The normalized spacial score (nSPS) is 21.9. The molecule has 3 aliphatic carbocycles. The summed E-state index contributed by atoms with van der Waals surface area (Å²) in [6.07, 6.45) is 9.98. The van der Waals surface area contributed by atoms with E-state index >= 15 is 0 Å². The van der Waals surface area contributed by atoms with E-state index in [-0.39, 0.29) is 41.7 Å². The number of nitrogens with one attached hydrogen (secondary N) is 2. The Kier molecular flexibility index (Phi) is 13.3. The Morgan fingerprint density at radius 2 is 1.81 bits per heavy atom. The van der Waals surface area contributed by atoms with Crippen LogP contribution in [0.4, 0.5) is 14.5 Å². The van der Waals surface area contributed by atoms with E-state index in [9.17, 15) is 23.5 Å². The fourth-order valence-corrected chi connectivity index (χ4v) is 10.5. The number of ether oxygens (including phenoxy) is 2. The second-order valence-electron chi connectivity index (χ2n) is 17.9. The van der Waals surface area contributed by atoms with Crippen LogP contribution in [0.15, 0.2) is 91.1 Å². The van der Waals surface area contributed by atoms with Gasteiger partial charge < -0.3 is 25.2 Å². The largest absolute Gasteiger partial charge is 0.494 e. The first kappa shape index (κ1) is 44.1. The smallest absolute Gasteiger partial charge is 0.329 e. The number of carboxylic acids is 1. The molecule has 2 heterocycles. The van der Waals surface area contributed by atoms with E-state index in [1.807, 2.05) is 36.5 Å². The average molecular weight is 877 g/mol. The Balaban J connectivity index is 0.926. The number of carbonyl (C=O) groups excluding carboxylic acids is 1. The number of hydrogen-bond acceptors (Lipinski definition) is 7. The maximum absolute atomic E-state index is 14.3. The molecule has 0 radical (unpaired) electrons. The Bertz CT molecular complexity index is 2460. The third kappa shape index (κ3) is 9.83. The summed E-state index contributed by atoms with van der Waals surface area (Å²) >= 11 is 6.31. The van der Waals surface area contributed by atoms with Gasteiger partial charge in [0.15, 0.2) is 0 Å². The van der Waals surface area contributed by atoms with Gasteiger partial charge >= 0.3 is 5.97 Å². The topological polar surface area (TPSA) is 123 Å². The monoisotopic (exact) mass is 876 g/mol. The predicted molar refractivity (Wildman–Crippen MR) is 240 cm³/mol. The van der Waals surface area contributed by atoms with Crippen molar-refractivity contribution in [3.8, 4) is 22.6 Å². The summed E-state index contributed by atoms with van der Waals surface area (Å²) in [6.45, 7) is 5.70. The molecule has 0 saturated heterocycles. The molecule has 8 rings (SSSR count). The first-order chi connectivity index (χ1) is 30.4. The van der Waals surface area contributed by atoms with Gasteiger partial charge in [-0.25, -0.2) is 4.79 Å². The van der Waals surface area contributed by atoms with Crippen molar-refractivity contribution in [2.24, 2.45) is 11.8 Å². The van der Waals surface area contributed by atoms with Crippen molar-refractivity contribution in [1.82, 2.24) is 15.3 Å². The van der Waals surface area contributed by atoms with Crippen LogP contribution < -0.4 is 20.1 Å². The SMILES string of the molecule is C[C@@H](COc1ccnc2c1[C@H](C)CCC2)C[C@H]1Cc2ccc(OCCCC(=O)NCc3cccc(-c4ccc(F)nc4F)c3)cc2C12CCC(Nc1cccc(Cl)c1)(C(=O)O)CC2. The zero-order valence-electron chi connectivity index (χ0n) is 35.9. The predicted octanol–water partition coefficient (Wildman–Crippen LogP) is 11.0. The number of rotatable bonds is 16. The number of fused-ring (bicyclic) bond motifs is 3. The van der Waals surface area contributed by atoms with E-state index < -0.39 is 23.4 Å². The average Bonchev–Trinajstić information content (AvgIpc) is 3.55. The Morgan fingerprint density at radius 1 is 0.984 bits per heavy atom. The van der Waals surface area contributed by atoms with Crippen molar-refractivity contribution in [2.45, 2.75) is 108 Å². The zero-order valence-corrected chi connectivity index (χ0v) is 36.7. The molecule has 3 aliphatic rings. The number of amides is 1. The van der Waals surface area contributed by atoms with Gasteiger partial charge in [0.2, 0.25) is 17.8 Å². The number of aryl methyl sites for hydroxylation is 1. The summed E-state index contributed by atoms with van der Waals surface area (Å²) in [5.41, 5.74) is 5.72. The number of nitrogens with zero attached hydrogens (tertiary/aromatic N) is 2. The Labute approximate surface area is 373 Å². The number of carbonyl (C=O) groups is 2. The highest BCUT2D eigenvalue weighted by Crippen LogP contribution is 2.57. The highest BCUT2D eigenvalue weighted by atomic mass is 35.5. The van der Waals surface area contributed by atoms with Gasteiger partial charge in [-0.05, 0) is 164 Å². The van der Waals surface area contributed by atoms with Crippen LogP contribution in [0.5, 0.6) is 11.5 Å². The molecule has 12 heteroatoms. The highest BCUT2D eigenvalue weighted by Gasteiger charge is 2.54. The van der Waals surface area contributed by atoms with Gasteiger partial charge in [0, 0.05) is 46.7 Å². The molecule has 0 unspecified atom stereocenters. The van der Waals surface area contributed by atoms with Crippen molar-refractivity contribution >= 4 is 29.2 Å². The van der Waals surface area contributed by atoms with Crippen molar-refractivity contribution in [2.75, 3.05) is 18.5 Å². The van der Waals surface area contributed by atoms with E-state index in [4.69, 9.17) is 21.1 Å². The maximum atomic E-state index is 14.3. The van der Waals surface area contributed by atoms with E-state index in [0.29, 0.717) is 67.5 Å². The van der Waals surface area contributed by atoms with Gasteiger partial charge in [-0.15, -0.1) is 0 Å². The molecule has 1 saturated carbocycles. The second kappa shape index (κ2) is 19.1. The molecule has 9 nitrogen and oxygen atoms in total. The van der Waals surface area contributed by atoms with Gasteiger partial charge in [-0.3, -0.25) is 9.78 Å². The number of pyridine rings is 2. The maximum Gasteiger partial charge on any atom is 0.329 e. The van der Waals surface area contributed by atoms with Crippen molar-refractivity contribution in [1.29, 1.82) is 0 Å². The third-order valence-corrected chi connectivity index (χ3v) is 13.9. The number of benzene rings is 3. The summed E-state index contributed by atoms with van der Waals surface area (Å²) in [6, 6.07) is 25.1. The zero-order chi connectivity index (χ0) is 44.1. The van der Waals surface area contributed by atoms with Gasteiger partial charge in [0.25, 0.3) is 0 Å². The minimum Gasteiger partial charge on any atom is -0.494 e. The quantitative estimate of drug-likeness (QED) is 0.0662. The Hall–Kier alpha value is -5.55. The molecule has 63 heavy (non-hydrogen) atoms. The summed E-state index contributed by atoms with van der Waals surface area (Å²) in [5.74, 6) is -0.149. The lowest BCUT2D eigenvalue weighted by Gasteiger charge is -2.47. The van der Waals surface area contributed by atoms with Gasteiger partial charge in [0.05, 0.1) is 13.2 Å². The van der Waals surface area contributed by atoms with Crippen LogP contribution in [0, 0.1) is 23.7 Å². The lowest BCUT2D eigenvalue weighted by Crippen LogP contribution is -2.53. The van der Waals surface area contributed by atoms with Crippen LogP contribution >= 0.6 is 11.6 Å². The first-order valence-electron chi connectivity index (χ1n) is 22.2. The highest BCUT2D eigenvalue weighted by molar-refractivity contribution is 6.30. The summed E-state index contributed by atoms with van der Waals surface area (Å²) < 4.78 is 40.5. The number of carboxylic acid groups (broad SMARTS) is 1. The van der Waals surface area contributed by atoms with Crippen molar-refractivity contribution in [3.05, 3.63) is 136 Å². The summed E-state index contributed by atoms with van der Waals surface area (Å²) in [5, 5.41) is 17.6. The molecular formula is C51H55ClF2N4O5. The Morgan fingerprint density at radius 3 is 2.60 bits per heavy atom. The van der Waals surface area contributed by atoms with E-state index in [1.54, 1.807) is 30.3 Å². The molecule has 330 valence electrons. The first-order valence-corrected chi connectivity index (χ1v) is 22.6. The molecular weight excluding hydrogens is 822 g/mol. The van der Waals surface area contributed by atoms with E-state index in [0.717, 1.165) is 60.9 Å². The molecule has 1 spiro atoms. The van der Waals surface area contributed by atoms with E-state index in [2.05, 4.69) is 46.6 Å². The van der Waals surface area contributed by atoms with Crippen LogP contribution in [0.1, 0.15) is 106 Å². The molecule has 5 aromatic rings. The number of anilines is 1. The van der Waals surface area contributed by atoms with Gasteiger partial charge in [-0.1, -0.05) is 55.8 Å². The van der Waals surface area contributed by atoms with Crippen LogP contribution in [0.3, 0.4) is 0 Å². The standard InChI is InChI=1S/C51H55ClF2N4O5/c1-32(31-63-44-18-23-55-43-12-3-7-33(2)47(43)44)25-37-27-36-14-15-40(29-42(36)50(37)19-21-51(22-20-50,49(60)61)58-39-11-5-10-38(52)28-39)62-24-6-13-46(59)56-30-34-8-4-9-35(26-34)41-16-17-45(53)57-48(41)54/h4-5,8-11,14-18,23,26,28-29,32-33,37,58H,3,6-7,12-13,19-22,24-25,27,30-31H2,1-2H3,(H,56,59)(H,60,61)/t32-,33-,37+,50?,51?/m1/s1. The number of aliphatic carboxylic acids is 1. The van der Waals surface area contributed by atoms with Crippen LogP contribution in [-0.4, -0.2) is 45.7 Å². The number of hydrogen-bond donors (Lipinski definition) is 3. The molecule has 1 fully saturated rings.